The molecule has 16 heavy (non-hydrogen) atoms. The van der Waals surface area contributed by atoms with Crippen molar-refractivity contribution in [2.45, 2.75) is 46.6 Å². The highest BCUT2D eigenvalue weighted by molar-refractivity contribution is 5.31. The smallest absolute Gasteiger partial charge is 0.0113 e. The summed E-state index contributed by atoms with van der Waals surface area (Å²) in [7, 11) is 0. The van der Waals surface area contributed by atoms with Crippen molar-refractivity contribution in [2.24, 2.45) is 17.1 Å². The van der Waals surface area contributed by atoms with E-state index in [0.29, 0.717) is 17.4 Å². The van der Waals surface area contributed by atoms with Gasteiger partial charge in [-0.15, -0.1) is 0 Å². The molecule has 1 aromatic rings. The van der Waals surface area contributed by atoms with Crippen LogP contribution in [0.1, 0.15) is 37.0 Å². The molecule has 0 saturated heterocycles. The lowest BCUT2D eigenvalue weighted by Gasteiger charge is -2.15. The summed E-state index contributed by atoms with van der Waals surface area (Å²) >= 11 is 0. The summed E-state index contributed by atoms with van der Waals surface area (Å²) < 4.78 is 0. The van der Waals surface area contributed by atoms with Crippen LogP contribution >= 0.6 is 0 Å². The monoisotopic (exact) mass is 217 g/mol. The molecule has 1 heteroatoms. The maximum absolute atomic E-state index is 6.31. The van der Waals surface area contributed by atoms with E-state index in [1.807, 2.05) is 0 Å². The largest absolute Gasteiger partial charge is 0.327 e. The molecule has 1 fully saturated rings. The molecule has 2 unspecified atom stereocenters. The second kappa shape index (κ2) is 3.89. The first-order valence-electron chi connectivity index (χ1n) is 6.22. The van der Waals surface area contributed by atoms with Crippen LogP contribution < -0.4 is 5.73 Å². The molecule has 0 aliphatic heterocycles. The Morgan fingerprint density at radius 2 is 2.00 bits per heavy atom. The zero-order chi connectivity index (χ0) is 11.9. The molecule has 0 aromatic heterocycles. The van der Waals surface area contributed by atoms with Crippen LogP contribution in [0.25, 0.3) is 0 Å². The zero-order valence-electron chi connectivity index (χ0n) is 10.9. The van der Waals surface area contributed by atoms with Gasteiger partial charge in [0.1, 0.15) is 0 Å². The van der Waals surface area contributed by atoms with E-state index >= 15 is 0 Å². The first kappa shape index (κ1) is 11.7. The summed E-state index contributed by atoms with van der Waals surface area (Å²) in [5, 5.41) is 0. The second-order valence-corrected chi connectivity index (χ2v) is 6.10. The Labute approximate surface area is 99.0 Å². The van der Waals surface area contributed by atoms with E-state index in [9.17, 15) is 0 Å². The van der Waals surface area contributed by atoms with Crippen molar-refractivity contribution in [3.8, 4) is 0 Å². The van der Waals surface area contributed by atoms with Crippen molar-refractivity contribution >= 4 is 0 Å². The van der Waals surface area contributed by atoms with Gasteiger partial charge in [-0.3, -0.25) is 0 Å². The normalized spacial score (nSPS) is 24.2. The average molecular weight is 217 g/mol. The Kier molecular flexibility index (Phi) is 2.83. The van der Waals surface area contributed by atoms with Gasteiger partial charge < -0.3 is 5.73 Å². The third kappa shape index (κ3) is 2.30. The maximum atomic E-state index is 6.31. The molecule has 2 rings (SSSR count). The SMILES string of the molecule is Cc1ccc(C)c(CC(N)C2CC2(C)C)c1. The minimum absolute atomic E-state index is 0.329. The predicted molar refractivity (Wildman–Crippen MR) is 69.5 cm³/mol. The molecule has 2 atom stereocenters. The summed E-state index contributed by atoms with van der Waals surface area (Å²) in [6.07, 6.45) is 2.32. The van der Waals surface area contributed by atoms with Crippen molar-refractivity contribution in [2.75, 3.05) is 0 Å². The Hall–Kier alpha value is -0.820. The van der Waals surface area contributed by atoms with Gasteiger partial charge in [-0.1, -0.05) is 37.6 Å². The van der Waals surface area contributed by atoms with Crippen molar-refractivity contribution in [1.29, 1.82) is 0 Å². The van der Waals surface area contributed by atoms with Crippen LogP contribution in [0.5, 0.6) is 0 Å². The van der Waals surface area contributed by atoms with Gasteiger partial charge in [0.05, 0.1) is 0 Å². The second-order valence-electron chi connectivity index (χ2n) is 6.10. The fraction of sp³-hybridized carbons (Fsp3) is 0.600. The molecule has 88 valence electrons. The summed E-state index contributed by atoms with van der Waals surface area (Å²) in [6.45, 7) is 8.97. The minimum Gasteiger partial charge on any atom is -0.327 e. The average Bonchev–Trinajstić information content (AvgIpc) is 2.82. The lowest BCUT2D eigenvalue weighted by atomic mass is 9.94. The first-order chi connectivity index (χ1) is 7.40. The van der Waals surface area contributed by atoms with Crippen LogP contribution in [0, 0.1) is 25.2 Å². The number of hydrogen-bond acceptors (Lipinski definition) is 1. The van der Waals surface area contributed by atoms with Crippen LogP contribution in [-0.2, 0) is 6.42 Å². The standard InChI is InChI=1S/C15H23N/c1-10-5-6-11(2)12(7-10)8-14(16)13-9-15(13,3)4/h5-7,13-14H,8-9,16H2,1-4H3. The molecule has 0 amide bonds. The van der Waals surface area contributed by atoms with Crippen LogP contribution in [0.15, 0.2) is 18.2 Å². The van der Waals surface area contributed by atoms with E-state index in [-0.39, 0.29) is 0 Å². The zero-order valence-corrected chi connectivity index (χ0v) is 10.9. The fourth-order valence-electron chi connectivity index (χ4n) is 2.66. The Bertz CT molecular complexity index is 392. The van der Waals surface area contributed by atoms with Gasteiger partial charge in [0.25, 0.3) is 0 Å². The minimum atomic E-state index is 0.329. The Balaban J connectivity index is 2.06. The van der Waals surface area contributed by atoms with Crippen molar-refractivity contribution in [3.05, 3.63) is 34.9 Å². The van der Waals surface area contributed by atoms with Gasteiger partial charge in [-0.05, 0) is 49.1 Å². The lowest BCUT2D eigenvalue weighted by molar-refractivity contribution is 0.476. The third-order valence-electron chi connectivity index (χ3n) is 4.07. The van der Waals surface area contributed by atoms with E-state index in [4.69, 9.17) is 5.73 Å². The van der Waals surface area contributed by atoms with Gasteiger partial charge in [0.15, 0.2) is 0 Å². The van der Waals surface area contributed by atoms with E-state index in [1.165, 1.54) is 23.1 Å². The summed E-state index contributed by atoms with van der Waals surface area (Å²) in [5.41, 5.74) is 10.9. The highest BCUT2D eigenvalue weighted by atomic mass is 14.7. The molecule has 0 bridgehead atoms. The third-order valence-corrected chi connectivity index (χ3v) is 4.07. The molecule has 1 nitrogen and oxygen atoms in total. The van der Waals surface area contributed by atoms with E-state index in [2.05, 4.69) is 45.9 Å². The molecule has 1 aromatic carbocycles. The van der Waals surface area contributed by atoms with Crippen molar-refractivity contribution < 1.29 is 0 Å². The van der Waals surface area contributed by atoms with Gasteiger partial charge in [-0.2, -0.15) is 0 Å². The predicted octanol–water partition coefficient (Wildman–Crippen LogP) is 3.22. The number of nitrogens with two attached hydrogens (primary N) is 1. The topological polar surface area (TPSA) is 26.0 Å². The molecule has 1 aliphatic carbocycles. The molecule has 2 N–H and O–H groups in total. The van der Waals surface area contributed by atoms with E-state index < -0.39 is 0 Å². The van der Waals surface area contributed by atoms with Crippen LogP contribution in [0.3, 0.4) is 0 Å². The van der Waals surface area contributed by atoms with Crippen LogP contribution in [0.4, 0.5) is 0 Å². The van der Waals surface area contributed by atoms with E-state index in [1.54, 1.807) is 0 Å². The molecule has 0 spiro atoms. The van der Waals surface area contributed by atoms with Crippen molar-refractivity contribution in [3.63, 3.8) is 0 Å². The van der Waals surface area contributed by atoms with Crippen molar-refractivity contribution in [1.82, 2.24) is 0 Å². The number of aryl methyl sites for hydroxylation is 2. The molecular weight excluding hydrogens is 194 g/mol. The fourth-order valence-corrected chi connectivity index (χ4v) is 2.66. The molecule has 0 radical (unpaired) electrons. The number of rotatable bonds is 3. The quantitative estimate of drug-likeness (QED) is 0.826. The maximum Gasteiger partial charge on any atom is 0.0113 e. The Morgan fingerprint density at radius 3 is 2.56 bits per heavy atom. The van der Waals surface area contributed by atoms with Gasteiger partial charge in [0, 0.05) is 6.04 Å². The number of benzene rings is 1. The first-order valence-corrected chi connectivity index (χ1v) is 6.22. The van der Waals surface area contributed by atoms with Gasteiger partial charge >= 0.3 is 0 Å². The van der Waals surface area contributed by atoms with Crippen LogP contribution in [-0.4, -0.2) is 6.04 Å². The van der Waals surface area contributed by atoms with Gasteiger partial charge in [0.2, 0.25) is 0 Å². The molecule has 1 aliphatic rings. The molecule has 0 heterocycles. The Morgan fingerprint density at radius 1 is 1.38 bits per heavy atom. The summed E-state index contributed by atoms with van der Waals surface area (Å²) in [4.78, 5) is 0. The summed E-state index contributed by atoms with van der Waals surface area (Å²) in [6, 6.07) is 6.99. The van der Waals surface area contributed by atoms with E-state index in [0.717, 1.165) is 6.42 Å². The van der Waals surface area contributed by atoms with Crippen LogP contribution in [0.2, 0.25) is 0 Å². The summed E-state index contributed by atoms with van der Waals surface area (Å²) in [5.74, 6) is 0.715. The molecular formula is C15H23N. The highest BCUT2D eigenvalue weighted by Gasteiger charge is 2.48. The number of hydrogen-bond donors (Lipinski definition) is 1. The van der Waals surface area contributed by atoms with Gasteiger partial charge in [-0.25, -0.2) is 0 Å². The molecule has 1 saturated carbocycles. The lowest BCUT2D eigenvalue weighted by Crippen LogP contribution is -2.27. The highest BCUT2D eigenvalue weighted by Crippen LogP contribution is 2.53.